The van der Waals surface area contributed by atoms with E-state index >= 15 is 0 Å². The molecule has 0 aliphatic rings. The van der Waals surface area contributed by atoms with Crippen molar-refractivity contribution in [1.82, 2.24) is 0 Å². The van der Waals surface area contributed by atoms with E-state index in [-0.39, 0.29) is 17.4 Å². The van der Waals surface area contributed by atoms with Gasteiger partial charge in [0.25, 0.3) is 0 Å². The Hall–Kier alpha value is -2.03. The summed E-state index contributed by atoms with van der Waals surface area (Å²) in [7, 11) is 0. The van der Waals surface area contributed by atoms with Gasteiger partial charge in [0, 0.05) is 6.42 Å². The fraction of sp³-hybridized carbons (Fsp3) is 0.542. The van der Waals surface area contributed by atoms with Crippen LogP contribution in [0.15, 0.2) is 48.6 Å². The van der Waals surface area contributed by atoms with Crippen molar-refractivity contribution in [3.63, 3.8) is 0 Å². The van der Waals surface area contributed by atoms with E-state index in [0.717, 1.165) is 38.5 Å². The predicted molar refractivity (Wildman–Crippen MR) is 113 cm³/mol. The van der Waals surface area contributed by atoms with E-state index in [1.807, 2.05) is 0 Å². The molecule has 150 valence electrons. The van der Waals surface area contributed by atoms with Crippen molar-refractivity contribution in [3.05, 3.63) is 54.1 Å². The summed E-state index contributed by atoms with van der Waals surface area (Å²) in [6, 6.07) is 6.56. The van der Waals surface area contributed by atoms with Crippen LogP contribution in [0.4, 0.5) is 0 Å². The molecule has 1 N–H and O–H groups in total. The molecule has 0 bridgehead atoms. The molecular weight excluding hydrogens is 336 g/mol. The number of hydrogen-bond acceptors (Lipinski definition) is 3. The zero-order valence-corrected chi connectivity index (χ0v) is 17.0. The van der Waals surface area contributed by atoms with Crippen LogP contribution in [0, 0.1) is 0 Å². The van der Waals surface area contributed by atoms with E-state index in [1.165, 1.54) is 31.7 Å². The Morgan fingerprint density at radius 2 is 1.78 bits per heavy atom. The summed E-state index contributed by atoms with van der Waals surface area (Å²) in [5, 5.41) is 9.85. The van der Waals surface area contributed by atoms with Crippen molar-refractivity contribution in [3.8, 4) is 5.75 Å². The van der Waals surface area contributed by atoms with Gasteiger partial charge in [-0.25, -0.2) is 4.79 Å². The highest BCUT2D eigenvalue weighted by Gasteiger charge is 2.17. The number of carbonyl (C=O) groups is 1. The van der Waals surface area contributed by atoms with E-state index in [2.05, 4.69) is 38.2 Å². The van der Waals surface area contributed by atoms with Gasteiger partial charge in [0.2, 0.25) is 0 Å². The van der Waals surface area contributed by atoms with Gasteiger partial charge in [-0.2, -0.15) is 0 Å². The first kappa shape index (κ1) is 23.0. The van der Waals surface area contributed by atoms with Gasteiger partial charge in [-0.3, -0.25) is 0 Å². The van der Waals surface area contributed by atoms with Crippen molar-refractivity contribution in [2.45, 2.75) is 84.2 Å². The average Bonchev–Trinajstić information content (AvgIpc) is 2.67. The molecular formula is C24H36O3. The number of phenolic OH excluding ortho intramolecular Hbond substituents is 1. The van der Waals surface area contributed by atoms with Crippen molar-refractivity contribution in [1.29, 1.82) is 0 Å². The van der Waals surface area contributed by atoms with Gasteiger partial charge in [-0.1, -0.05) is 62.6 Å². The topological polar surface area (TPSA) is 46.5 Å². The highest BCUT2D eigenvalue weighted by atomic mass is 16.5. The molecule has 0 aliphatic heterocycles. The molecule has 3 nitrogen and oxygen atoms in total. The van der Waals surface area contributed by atoms with E-state index in [1.54, 1.807) is 18.2 Å². The third kappa shape index (κ3) is 10.6. The first-order valence-electron chi connectivity index (χ1n) is 10.4. The second-order valence-corrected chi connectivity index (χ2v) is 6.95. The summed E-state index contributed by atoms with van der Waals surface area (Å²) in [6.45, 7) is 4.24. The summed E-state index contributed by atoms with van der Waals surface area (Å²) >= 11 is 0. The lowest BCUT2D eigenvalue weighted by atomic mass is 10.1. The number of rotatable bonds is 14. The van der Waals surface area contributed by atoms with Crippen LogP contribution >= 0.6 is 0 Å². The number of hydrogen-bond donors (Lipinski definition) is 1. The Labute approximate surface area is 165 Å². The van der Waals surface area contributed by atoms with Crippen LogP contribution in [0.1, 0.15) is 88.4 Å². The molecule has 0 saturated heterocycles. The number of para-hydroxylation sites is 1. The third-order valence-electron chi connectivity index (χ3n) is 4.57. The lowest BCUT2D eigenvalue weighted by molar-refractivity contribution is 0.0280. The smallest absolute Gasteiger partial charge is 0.342 e. The first-order chi connectivity index (χ1) is 13.2. The van der Waals surface area contributed by atoms with Gasteiger partial charge in [0.1, 0.15) is 17.4 Å². The fourth-order valence-corrected chi connectivity index (χ4v) is 2.94. The van der Waals surface area contributed by atoms with Gasteiger partial charge in [0.15, 0.2) is 0 Å². The largest absolute Gasteiger partial charge is 0.507 e. The molecule has 1 rings (SSSR count). The van der Waals surface area contributed by atoms with Crippen LogP contribution in [-0.2, 0) is 4.74 Å². The Bertz CT molecular complexity index is 575. The van der Waals surface area contributed by atoms with Crippen LogP contribution < -0.4 is 0 Å². The number of benzene rings is 1. The zero-order valence-electron chi connectivity index (χ0n) is 17.0. The molecule has 1 aromatic carbocycles. The zero-order chi connectivity index (χ0) is 19.7. The first-order valence-corrected chi connectivity index (χ1v) is 10.4. The Morgan fingerprint density at radius 1 is 1.04 bits per heavy atom. The minimum Gasteiger partial charge on any atom is -0.507 e. The summed E-state index contributed by atoms with van der Waals surface area (Å²) in [5.74, 6) is -0.461. The molecule has 0 saturated carbocycles. The molecule has 0 fully saturated rings. The van der Waals surface area contributed by atoms with Gasteiger partial charge < -0.3 is 9.84 Å². The van der Waals surface area contributed by atoms with Gasteiger partial charge >= 0.3 is 5.97 Å². The monoisotopic (exact) mass is 372 g/mol. The predicted octanol–water partition coefficient (Wildman–Crippen LogP) is 6.97. The van der Waals surface area contributed by atoms with Crippen molar-refractivity contribution < 1.29 is 14.6 Å². The van der Waals surface area contributed by atoms with Crippen molar-refractivity contribution in [2.24, 2.45) is 0 Å². The molecule has 0 heterocycles. The van der Waals surface area contributed by atoms with Crippen LogP contribution in [0.25, 0.3) is 0 Å². The minimum absolute atomic E-state index is 0.0242. The van der Waals surface area contributed by atoms with Crippen LogP contribution in [-0.4, -0.2) is 17.2 Å². The highest BCUT2D eigenvalue weighted by Crippen LogP contribution is 2.20. The van der Waals surface area contributed by atoms with E-state index < -0.39 is 5.97 Å². The Balaban J connectivity index is 2.49. The standard InChI is InChI=1S/C24H36O3/c1-3-5-7-9-10-11-12-14-18-21(17-13-8-6-4-2)27-24(26)22-19-15-16-20-23(22)25/h3,5,12,14-16,19-21,25H,4,6-11,13,17-18H2,1-2H3. The van der Waals surface area contributed by atoms with E-state index in [4.69, 9.17) is 4.74 Å². The molecule has 1 atom stereocenters. The quantitative estimate of drug-likeness (QED) is 0.218. The van der Waals surface area contributed by atoms with Crippen LogP contribution in [0.5, 0.6) is 5.75 Å². The lowest BCUT2D eigenvalue weighted by Crippen LogP contribution is -2.18. The average molecular weight is 373 g/mol. The third-order valence-corrected chi connectivity index (χ3v) is 4.57. The summed E-state index contributed by atoms with van der Waals surface area (Å²) in [5.41, 5.74) is 0.240. The number of unbranched alkanes of at least 4 members (excludes halogenated alkanes) is 6. The van der Waals surface area contributed by atoms with Crippen molar-refractivity contribution in [2.75, 3.05) is 0 Å². The second-order valence-electron chi connectivity index (χ2n) is 6.95. The molecule has 27 heavy (non-hydrogen) atoms. The van der Waals surface area contributed by atoms with E-state index in [9.17, 15) is 9.90 Å². The van der Waals surface area contributed by atoms with Gasteiger partial charge in [0.05, 0.1) is 0 Å². The maximum Gasteiger partial charge on any atom is 0.342 e. The van der Waals surface area contributed by atoms with Crippen LogP contribution in [0.3, 0.4) is 0 Å². The Morgan fingerprint density at radius 3 is 2.48 bits per heavy atom. The maximum atomic E-state index is 12.4. The molecule has 0 aliphatic carbocycles. The lowest BCUT2D eigenvalue weighted by Gasteiger charge is -2.17. The number of esters is 1. The number of aromatic hydroxyl groups is 1. The van der Waals surface area contributed by atoms with Gasteiger partial charge in [-0.05, 0) is 57.6 Å². The SMILES string of the molecule is CC=CCCCCC=CCC(CCCCCC)OC(=O)c1ccccc1O. The van der Waals surface area contributed by atoms with Crippen LogP contribution in [0.2, 0.25) is 0 Å². The number of carbonyl (C=O) groups excluding carboxylic acids is 1. The molecule has 0 amide bonds. The normalized spacial score (nSPS) is 12.7. The molecule has 0 aromatic heterocycles. The molecule has 1 unspecified atom stereocenters. The molecule has 1 aromatic rings. The summed E-state index contributed by atoms with van der Waals surface area (Å²) in [6.07, 6.45) is 19.3. The summed E-state index contributed by atoms with van der Waals surface area (Å²) < 4.78 is 5.70. The van der Waals surface area contributed by atoms with Crippen molar-refractivity contribution >= 4 is 5.97 Å². The molecule has 0 radical (unpaired) electrons. The maximum absolute atomic E-state index is 12.4. The number of phenols is 1. The minimum atomic E-state index is -0.437. The fourth-order valence-electron chi connectivity index (χ4n) is 2.94. The molecule has 3 heteroatoms. The van der Waals surface area contributed by atoms with Gasteiger partial charge in [-0.15, -0.1) is 0 Å². The highest BCUT2D eigenvalue weighted by molar-refractivity contribution is 5.92. The molecule has 0 spiro atoms. The summed E-state index contributed by atoms with van der Waals surface area (Å²) in [4.78, 5) is 12.4. The number of ether oxygens (including phenoxy) is 1. The van der Waals surface area contributed by atoms with E-state index in [0.29, 0.717) is 0 Å². The number of allylic oxidation sites excluding steroid dienone is 3. The second kappa shape index (κ2) is 15.1. The Kier molecular flexibility index (Phi) is 12.8.